The Kier molecular flexibility index (Phi) is 2.96. The van der Waals surface area contributed by atoms with Crippen molar-refractivity contribution in [1.82, 2.24) is 15.5 Å². The highest BCUT2D eigenvalue weighted by Gasteiger charge is 2.38. The minimum Gasteiger partial charge on any atom is -0.490 e. The van der Waals surface area contributed by atoms with Crippen molar-refractivity contribution < 1.29 is 4.74 Å². The van der Waals surface area contributed by atoms with E-state index >= 15 is 0 Å². The van der Waals surface area contributed by atoms with Gasteiger partial charge in [0.05, 0.1) is 11.8 Å². The summed E-state index contributed by atoms with van der Waals surface area (Å²) in [7, 11) is 0. The van der Waals surface area contributed by atoms with Crippen molar-refractivity contribution >= 4 is 0 Å². The third-order valence-corrected chi connectivity index (χ3v) is 4.57. The lowest BCUT2D eigenvalue weighted by atomic mass is 10.0. The summed E-state index contributed by atoms with van der Waals surface area (Å²) < 4.78 is 6.28. The van der Waals surface area contributed by atoms with Crippen LogP contribution in [0.1, 0.15) is 12.8 Å². The average molecular weight is 269 g/mol. The Bertz CT molecular complexity index is 569. The van der Waals surface area contributed by atoms with Gasteiger partial charge in [-0.05, 0) is 56.0 Å². The minimum atomic E-state index is 0.354. The fraction of sp³-hybridized carbons (Fsp3) is 0.438. The van der Waals surface area contributed by atoms with Gasteiger partial charge in [0.2, 0.25) is 0 Å². The van der Waals surface area contributed by atoms with Crippen LogP contribution in [-0.4, -0.2) is 29.4 Å². The van der Waals surface area contributed by atoms with Crippen LogP contribution in [0.3, 0.4) is 0 Å². The van der Waals surface area contributed by atoms with E-state index in [0.29, 0.717) is 6.10 Å². The number of H-pyrrole nitrogens is 1. The first-order chi connectivity index (χ1) is 9.90. The van der Waals surface area contributed by atoms with Crippen molar-refractivity contribution in [2.75, 3.05) is 13.1 Å². The minimum absolute atomic E-state index is 0.354. The molecule has 1 aromatic heterocycles. The van der Waals surface area contributed by atoms with Crippen LogP contribution in [0.15, 0.2) is 36.5 Å². The van der Waals surface area contributed by atoms with Crippen LogP contribution in [-0.2, 0) is 0 Å². The molecule has 1 aliphatic heterocycles. The molecule has 2 N–H and O–H groups in total. The van der Waals surface area contributed by atoms with Crippen LogP contribution in [0.2, 0.25) is 0 Å². The van der Waals surface area contributed by atoms with Crippen LogP contribution in [0.25, 0.3) is 11.3 Å². The maximum Gasteiger partial charge on any atom is 0.129 e. The zero-order chi connectivity index (χ0) is 13.4. The quantitative estimate of drug-likeness (QED) is 0.900. The van der Waals surface area contributed by atoms with Gasteiger partial charge in [-0.1, -0.05) is 12.1 Å². The zero-order valence-corrected chi connectivity index (χ0v) is 11.4. The van der Waals surface area contributed by atoms with Gasteiger partial charge in [0.1, 0.15) is 5.75 Å². The molecule has 3 atom stereocenters. The predicted octanol–water partition coefficient (Wildman–Crippen LogP) is 2.45. The first kappa shape index (κ1) is 12.0. The Morgan fingerprint density at radius 1 is 1.05 bits per heavy atom. The van der Waals surface area contributed by atoms with E-state index in [9.17, 15) is 0 Å². The highest BCUT2D eigenvalue weighted by molar-refractivity contribution is 5.66. The lowest BCUT2D eigenvalue weighted by molar-refractivity contribution is 0.200. The van der Waals surface area contributed by atoms with Gasteiger partial charge in [0, 0.05) is 11.8 Å². The van der Waals surface area contributed by atoms with E-state index in [-0.39, 0.29) is 0 Å². The van der Waals surface area contributed by atoms with Crippen LogP contribution in [0.5, 0.6) is 5.75 Å². The second-order valence-corrected chi connectivity index (χ2v) is 5.85. The highest BCUT2D eigenvalue weighted by atomic mass is 16.5. The molecule has 0 bridgehead atoms. The molecule has 20 heavy (non-hydrogen) atoms. The van der Waals surface area contributed by atoms with E-state index in [2.05, 4.69) is 27.6 Å². The van der Waals surface area contributed by atoms with E-state index in [1.165, 1.54) is 12.8 Å². The van der Waals surface area contributed by atoms with Crippen molar-refractivity contribution in [3.05, 3.63) is 36.5 Å². The van der Waals surface area contributed by atoms with Gasteiger partial charge in [-0.25, -0.2) is 0 Å². The summed E-state index contributed by atoms with van der Waals surface area (Å²) in [6.45, 7) is 2.32. The van der Waals surface area contributed by atoms with Crippen LogP contribution in [0, 0.1) is 11.8 Å². The number of rotatable bonds is 3. The number of para-hydroxylation sites is 1. The van der Waals surface area contributed by atoms with Gasteiger partial charge < -0.3 is 10.1 Å². The third-order valence-electron chi connectivity index (χ3n) is 4.57. The second kappa shape index (κ2) is 4.94. The standard InChI is InChI=1S/C16H19N3O/c1-2-4-16(14(3-1)15-5-6-18-19-15)20-13-7-11-9-17-10-12(11)8-13/h1-6,11-13,17H,7-10H2,(H,18,19)/t11-,12+,13+. The molecule has 1 saturated heterocycles. The molecule has 2 fully saturated rings. The lowest BCUT2D eigenvalue weighted by Gasteiger charge is -2.17. The molecule has 1 saturated carbocycles. The monoisotopic (exact) mass is 269 g/mol. The van der Waals surface area contributed by atoms with Gasteiger partial charge in [-0.15, -0.1) is 0 Å². The highest BCUT2D eigenvalue weighted by Crippen LogP contribution is 2.38. The molecule has 0 amide bonds. The third kappa shape index (κ3) is 2.10. The fourth-order valence-electron chi connectivity index (χ4n) is 3.58. The molecule has 4 nitrogen and oxygen atoms in total. The molecule has 2 aliphatic rings. The summed E-state index contributed by atoms with van der Waals surface area (Å²) in [4.78, 5) is 0. The maximum atomic E-state index is 6.28. The van der Waals surface area contributed by atoms with Crippen LogP contribution >= 0.6 is 0 Å². The second-order valence-electron chi connectivity index (χ2n) is 5.85. The van der Waals surface area contributed by atoms with Crippen molar-refractivity contribution in [3.8, 4) is 17.0 Å². The number of aromatic nitrogens is 2. The number of fused-ring (bicyclic) bond motifs is 1. The summed E-state index contributed by atoms with van der Waals surface area (Å²) in [6.07, 6.45) is 4.55. The van der Waals surface area contributed by atoms with E-state index < -0.39 is 0 Å². The van der Waals surface area contributed by atoms with E-state index in [4.69, 9.17) is 4.74 Å². The molecule has 0 unspecified atom stereocenters. The largest absolute Gasteiger partial charge is 0.490 e. The number of benzene rings is 1. The van der Waals surface area contributed by atoms with Crippen molar-refractivity contribution in [2.45, 2.75) is 18.9 Å². The molecule has 0 spiro atoms. The summed E-state index contributed by atoms with van der Waals surface area (Å²) >= 11 is 0. The summed E-state index contributed by atoms with van der Waals surface area (Å²) in [6, 6.07) is 10.2. The van der Waals surface area contributed by atoms with Gasteiger partial charge in [0.25, 0.3) is 0 Å². The van der Waals surface area contributed by atoms with Crippen molar-refractivity contribution in [3.63, 3.8) is 0 Å². The Labute approximate surface area is 118 Å². The Hall–Kier alpha value is -1.81. The number of aromatic amines is 1. The molecule has 104 valence electrons. The molecule has 2 aromatic rings. The Balaban J connectivity index is 1.55. The topological polar surface area (TPSA) is 49.9 Å². The number of ether oxygens (including phenoxy) is 1. The van der Waals surface area contributed by atoms with Gasteiger partial charge in [-0.2, -0.15) is 5.10 Å². The molecule has 0 radical (unpaired) electrons. The number of hydrogen-bond donors (Lipinski definition) is 2. The van der Waals surface area contributed by atoms with Gasteiger partial charge >= 0.3 is 0 Å². The fourth-order valence-corrected chi connectivity index (χ4v) is 3.58. The molecular weight excluding hydrogens is 250 g/mol. The van der Waals surface area contributed by atoms with Crippen molar-refractivity contribution in [1.29, 1.82) is 0 Å². The van der Waals surface area contributed by atoms with E-state index in [0.717, 1.165) is 41.9 Å². The molecule has 2 heterocycles. The molecule has 4 heteroatoms. The maximum absolute atomic E-state index is 6.28. The summed E-state index contributed by atoms with van der Waals surface area (Å²) in [5.41, 5.74) is 2.02. The number of nitrogens with one attached hydrogen (secondary N) is 2. The molecule has 4 rings (SSSR count). The zero-order valence-electron chi connectivity index (χ0n) is 11.4. The van der Waals surface area contributed by atoms with E-state index in [1.54, 1.807) is 0 Å². The smallest absolute Gasteiger partial charge is 0.129 e. The summed E-state index contributed by atoms with van der Waals surface area (Å²) in [5.74, 6) is 2.56. The van der Waals surface area contributed by atoms with Crippen LogP contribution in [0.4, 0.5) is 0 Å². The SMILES string of the molecule is c1ccc(-c2cc[nH]n2)c(O[C@@H]2C[C@H]3CNC[C@H]3C2)c1. The molecule has 1 aromatic carbocycles. The Morgan fingerprint density at radius 2 is 1.85 bits per heavy atom. The first-order valence-electron chi connectivity index (χ1n) is 7.37. The van der Waals surface area contributed by atoms with Gasteiger partial charge in [-0.3, -0.25) is 5.10 Å². The van der Waals surface area contributed by atoms with Crippen LogP contribution < -0.4 is 10.1 Å². The van der Waals surface area contributed by atoms with Gasteiger partial charge in [0.15, 0.2) is 0 Å². The average Bonchev–Trinajstić information content (AvgIpc) is 3.15. The van der Waals surface area contributed by atoms with Crippen molar-refractivity contribution in [2.24, 2.45) is 11.8 Å². The molecule has 1 aliphatic carbocycles. The van der Waals surface area contributed by atoms with E-state index in [1.807, 2.05) is 24.4 Å². The summed E-state index contributed by atoms with van der Waals surface area (Å²) in [5, 5.41) is 10.6. The normalized spacial score (nSPS) is 28.5. The Morgan fingerprint density at radius 3 is 2.60 bits per heavy atom. The number of hydrogen-bond acceptors (Lipinski definition) is 3. The molecular formula is C16H19N3O. The lowest BCUT2D eigenvalue weighted by Crippen LogP contribution is -2.18. The number of nitrogens with zero attached hydrogens (tertiary/aromatic N) is 1. The predicted molar refractivity (Wildman–Crippen MR) is 77.5 cm³/mol. The first-order valence-corrected chi connectivity index (χ1v) is 7.37.